The Labute approximate surface area is 158 Å². The number of carbonyl (C=O) groups excluding carboxylic acids is 1. The summed E-state index contributed by atoms with van der Waals surface area (Å²) >= 11 is 0. The monoisotopic (exact) mass is 362 g/mol. The molecule has 1 aromatic heterocycles. The Kier molecular flexibility index (Phi) is 5.99. The van der Waals surface area contributed by atoms with Crippen molar-refractivity contribution in [3.05, 3.63) is 66.1 Å². The van der Waals surface area contributed by atoms with Gasteiger partial charge in [-0.3, -0.25) is 0 Å². The molecule has 6 heteroatoms. The summed E-state index contributed by atoms with van der Waals surface area (Å²) in [6.07, 6.45) is 3.68. The molecule has 2 aromatic carbocycles. The Morgan fingerprint density at radius 2 is 1.93 bits per heavy atom. The van der Waals surface area contributed by atoms with Crippen LogP contribution in [0.15, 0.2) is 59.1 Å². The Bertz CT molecular complexity index is 917. The minimum Gasteiger partial charge on any atom is -0.338 e. The minimum atomic E-state index is -0.236. The fourth-order valence-electron chi connectivity index (χ4n) is 2.36. The second kappa shape index (κ2) is 8.80. The highest BCUT2D eigenvalue weighted by molar-refractivity contribution is 5.89. The van der Waals surface area contributed by atoms with Gasteiger partial charge in [-0.2, -0.15) is 4.98 Å². The van der Waals surface area contributed by atoms with Gasteiger partial charge >= 0.3 is 6.03 Å². The zero-order valence-electron chi connectivity index (χ0n) is 15.3. The maximum absolute atomic E-state index is 11.9. The molecule has 0 radical (unpaired) electrons. The molecule has 0 bridgehead atoms. The van der Waals surface area contributed by atoms with E-state index in [0.717, 1.165) is 11.1 Å². The zero-order valence-corrected chi connectivity index (χ0v) is 15.3. The van der Waals surface area contributed by atoms with E-state index < -0.39 is 0 Å². The fourth-order valence-corrected chi connectivity index (χ4v) is 2.36. The third kappa shape index (κ3) is 5.54. The standard InChI is InChI=1S/C21H22N4O2/c1-15(2)14-22-21(26)23-18-10-6-9-17(13-18)20-24-19(27-25-20)12-11-16-7-4-3-5-8-16/h3-13,15H,14H2,1-2H3,(H2,22,23,26)/b12-11+. The van der Waals surface area contributed by atoms with Crippen molar-refractivity contribution in [2.45, 2.75) is 13.8 Å². The lowest BCUT2D eigenvalue weighted by molar-refractivity contribution is 0.251. The van der Waals surface area contributed by atoms with Gasteiger partial charge in [-0.25, -0.2) is 4.79 Å². The van der Waals surface area contributed by atoms with Crippen LogP contribution in [0.5, 0.6) is 0 Å². The maximum atomic E-state index is 11.9. The van der Waals surface area contributed by atoms with E-state index in [1.165, 1.54) is 0 Å². The van der Waals surface area contributed by atoms with Crippen molar-refractivity contribution >= 4 is 23.9 Å². The predicted octanol–water partition coefficient (Wildman–Crippen LogP) is 4.68. The fraction of sp³-hybridized carbons (Fsp3) is 0.190. The molecule has 2 amide bonds. The number of nitrogens with zero attached hydrogens (tertiary/aromatic N) is 2. The average Bonchev–Trinajstić information content (AvgIpc) is 3.15. The van der Waals surface area contributed by atoms with Gasteiger partial charge in [0.1, 0.15) is 0 Å². The predicted molar refractivity (Wildman–Crippen MR) is 107 cm³/mol. The Balaban J connectivity index is 1.67. The van der Waals surface area contributed by atoms with Crippen LogP contribution in [0, 0.1) is 5.92 Å². The topological polar surface area (TPSA) is 80.0 Å². The molecule has 0 aliphatic carbocycles. The highest BCUT2D eigenvalue weighted by Gasteiger charge is 2.09. The molecule has 0 fully saturated rings. The average molecular weight is 362 g/mol. The number of anilines is 1. The summed E-state index contributed by atoms with van der Waals surface area (Å²) in [4.78, 5) is 16.3. The summed E-state index contributed by atoms with van der Waals surface area (Å²) in [5.74, 6) is 1.28. The van der Waals surface area contributed by atoms with Crippen LogP contribution in [0.4, 0.5) is 10.5 Å². The summed E-state index contributed by atoms with van der Waals surface area (Å²) in [5.41, 5.74) is 2.48. The Morgan fingerprint density at radius 1 is 1.11 bits per heavy atom. The van der Waals surface area contributed by atoms with Crippen LogP contribution >= 0.6 is 0 Å². The lowest BCUT2D eigenvalue weighted by Gasteiger charge is -2.09. The van der Waals surface area contributed by atoms with Crippen molar-refractivity contribution in [3.8, 4) is 11.4 Å². The van der Waals surface area contributed by atoms with E-state index in [0.29, 0.717) is 29.9 Å². The van der Waals surface area contributed by atoms with Crippen molar-refractivity contribution in [3.63, 3.8) is 0 Å². The van der Waals surface area contributed by atoms with Crippen LogP contribution in [-0.4, -0.2) is 22.7 Å². The van der Waals surface area contributed by atoms with Gasteiger partial charge < -0.3 is 15.2 Å². The molecule has 2 N–H and O–H groups in total. The lowest BCUT2D eigenvalue weighted by Crippen LogP contribution is -2.31. The normalized spacial score (nSPS) is 11.1. The molecule has 6 nitrogen and oxygen atoms in total. The van der Waals surface area contributed by atoms with Gasteiger partial charge in [0, 0.05) is 23.9 Å². The molecule has 0 saturated carbocycles. The first kappa shape index (κ1) is 18.4. The molecular weight excluding hydrogens is 340 g/mol. The highest BCUT2D eigenvalue weighted by Crippen LogP contribution is 2.20. The second-order valence-corrected chi connectivity index (χ2v) is 6.51. The largest absolute Gasteiger partial charge is 0.338 e. The van der Waals surface area contributed by atoms with Gasteiger partial charge in [0.25, 0.3) is 5.89 Å². The summed E-state index contributed by atoms with van der Waals surface area (Å²) < 4.78 is 5.28. The van der Waals surface area contributed by atoms with Crippen molar-refractivity contribution < 1.29 is 9.32 Å². The van der Waals surface area contributed by atoms with E-state index in [2.05, 4.69) is 20.8 Å². The number of nitrogens with one attached hydrogen (secondary N) is 2. The first-order valence-electron chi connectivity index (χ1n) is 8.82. The number of carbonyl (C=O) groups is 1. The van der Waals surface area contributed by atoms with Gasteiger partial charge in [-0.1, -0.05) is 61.5 Å². The number of urea groups is 1. The number of hydrogen-bond acceptors (Lipinski definition) is 4. The van der Waals surface area contributed by atoms with Crippen molar-refractivity contribution in [2.75, 3.05) is 11.9 Å². The molecule has 0 aliphatic heterocycles. The molecule has 138 valence electrons. The molecule has 3 rings (SSSR count). The van der Waals surface area contributed by atoms with Crippen LogP contribution in [0.3, 0.4) is 0 Å². The SMILES string of the molecule is CC(C)CNC(=O)Nc1cccc(-c2noc(/C=C/c3ccccc3)n2)c1. The van der Waals surface area contributed by atoms with Crippen LogP contribution in [0.2, 0.25) is 0 Å². The molecule has 0 atom stereocenters. The Hall–Kier alpha value is -3.41. The summed E-state index contributed by atoms with van der Waals surface area (Å²) in [7, 11) is 0. The molecule has 3 aromatic rings. The van der Waals surface area contributed by atoms with Crippen LogP contribution in [0.25, 0.3) is 23.5 Å². The van der Waals surface area contributed by atoms with Gasteiger partial charge in [-0.05, 0) is 29.7 Å². The first-order chi connectivity index (χ1) is 13.1. The van der Waals surface area contributed by atoms with Gasteiger partial charge in [0.15, 0.2) is 0 Å². The summed E-state index contributed by atoms with van der Waals surface area (Å²) in [6.45, 7) is 4.70. The summed E-state index contributed by atoms with van der Waals surface area (Å²) in [6, 6.07) is 17.0. The molecule has 27 heavy (non-hydrogen) atoms. The minimum absolute atomic E-state index is 0.236. The van der Waals surface area contributed by atoms with Gasteiger partial charge in [0.05, 0.1) is 0 Å². The van der Waals surface area contributed by atoms with Gasteiger partial charge in [0.2, 0.25) is 5.82 Å². The third-order valence-corrected chi connectivity index (χ3v) is 3.71. The zero-order chi connectivity index (χ0) is 19.1. The highest BCUT2D eigenvalue weighted by atomic mass is 16.5. The van der Waals surface area contributed by atoms with Crippen LogP contribution in [0.1, 0.15) is 25.3 Å². The molecule has 0 spiro atoms. The molecule has 0 unspecified atom stereocenters. The second-order valence-electron chi connectivity index (χ2n) is 6.51. The quantitative estimate of drug-likeness (QED) is 0.667. The third-order valence-electron chi connectivity index (χ3n) is 3.71. The molecule has 1 heterocycles. The number of rotatable bonds is 6. The molecular formula is C21H22N4O2. The Morgan fingerprint density at radius 3 is 2.70 bits per heavy atom. The van der Waals surface area contributed by atoms with Crippen molar-refractivity contribution in [2.24, 2.45) is 5.92 Å². The smallest absolute Gasteiger partial charge is 0.319 e. The van der Waals surface area contributed by atoms with Crippen molar-refractivity contribution in [1.82, 2.24) is 15.5 Å². The van der Waals surface area contributed by atoms with Gasteiger partial charge in [-0.15, -0.1) is 0 Å². The van der Waals surface area contributed by atoms with Crippen LogP contribution < -0.4 is 10.6 Å². The molecule has 0 saturated heterocycles. The maximum Gasteiger partial charge on any atom is 0.319 e. The number of hydrogen-bond donors (Lipinski definition) is 2. The lowest BCUT2D eigenvalue weighted by atomic mass is 10.2. The van der Waals surface area contributed by atoms with E-state index >= 15 is 0 Å². The van der Waals surface area contributed by atoms with E-state index in [4.69, 9.17) is 4.52 Å². The number of aromatic nitrogens is 2. The van der Waals surface area contributed by atoms with E-state index in [1.807, 2.05) is 74.5 Å². The van der Waals surface area contributed by atoms with E-state index in [9.17, 15) is 4.79 Å². The molecule has 0 aliphatic rings. The number of benzene rings is 2. The van der Waals surface area contributed by atoms with Crippen molar-refractivity contribution in [1.29, 1.82) is 0 Å². The summed E-state index contributed by atoms with van der Waals surface area (Å²) in [5, 5.41) is 9.64. The van der Waals surface area contributed by atoms with E-state index in [1.54, 1.807) is 6.08 Å². The van der Waals surface area contributed by atoms with E-state index in [-0.39, 0.29) is 6.03 Å². The number of amides is 2. The van der Waals surface area contributed by atoms with Crippen LogP contribution in [-0.2, 0) is 0 Å². The first-order valence-corrected chi connectivity index (χ1v) is 8.82.